The lowest BCUT2D eigenvalue weighted by Gasteiger charge is -2.14. The Hall–Kier alpha value is -1.99. The van der Waals surface area contributed by atoms with Gasteiger partial charge in [-0.15, -0.1) is 0 Å². The predicted octanol–water partition coefficient (Wildman–Crippen LogP) is 1.95. The fourth-order valence-electron chi connectivity index (χ4n) is 1.43. The Labute approximate surface area is 107 Å². The molecule has 0 fully saturated rings. The zero-order valence-electron chi connectivity index (χ0n) is 10.7. The number of para-hydroxylation sites is 1. The minimum absolute atomic E-state index is 0.285. The van der Waals surface area contributed by atoms with Crippen LogP contribution < -0.4 is 4.74 Å². The standard InChI is InChI=1S/C14H16O4/c1-11(15)18-14(9-6-10-16-2)12-7-4-5-8-13(12)17-3/h4-5,7-8,14H,10H2,1-3H3/t14-/m0/s1. The number of carbonyl (C=O) groups is 1. The zero-order valence-corrected chi connectivity index (χ0v) is 10.7. The van der Waals surface area contributed by atoms with E-state index in [4.69, 9.17) is 14.2 Å². The lowest BCUT2D eigenvalue weighted by Crippen LogP contribution is -2.08. The molecule has 0 aliphatic rings. The summed E-state index contributed by atoms with van der Waals surface area (Å²) in [4.78, 5) is 11.1. The molecule has 18 heavy (non-hydrogen) atoms. The third kappa shape index (κ3) is 4.11. The van der Waals surface area contributed by atoms with E-state index >= 15 is 0 Å². The molecule has 0 saturated heterocycles. The molecule has 1 rings (SSSR count). The van der Waals surface area contributed by atoms with Gasteiger partial charge in [0.2, 0.25) is 0 Å². The highest BCUT2D eigenvalue weighted by atomic mass is 16.5. The summed E-state index contributed by atoms with van der Waals surface area (Å²) in [6.07, 6.45) is -0.645. The van der Waals surface area contributed by atoms with E-state index in [1.54, 1.807) is 20.3 Å². The second-order valence-corrected chi connectivity index (χ2v) is 3.49. The lowest BCUT2D eigenvalue weighted by atomic mass is 10.1. The van der Waals surface area contributed by atoms with Crippen molar-refractivity contribution in [3.8, 4) is 17.6 Å². The molecule has 0 saturated carbocycles. The Kier molecular flexibility index (Phi) is 5.75. The van der Waals surface area contributed by atoms with E-state index in [1.165, 1.54) is 6.92 Å². The summed E-state index contributed by atoms with van der Waals surface area (Å²) in [6, 6.07) is 7.29. The summed E-state index contributed by atoms with van der Waals surface area (Å²) in [5, 5.41) is 0. The van der Waals surface area contributed by atoms with Gasteiger partial charge in [-0.25, -0.2) is 0 Å². The highest BCUT2D eigenvalue weighted by molar-refractivity contribution is 5.67. The van der Waals surface area contributed by atoms with Crippen LogP contribution in [0, 0.1) is 11.8 Å². The third-order valence-electron chi connectivity index (χ3n) is 2.15. The molecular weight excluding hydrogens is 232 g/mol. The number of methoxy groups -OCH3 is 2. The van der Waals surface area contributed by atoms with Gasteiger partial charge in [-0.1, -0.05) is 30.0 Å². The first kappa shape index (κ1) is 14.1. The Morgan fingerprint density at radius 3 is 2.67 bits per heavy atom. The van der Waals surface area contributed by atoms with Gasteiger partial charge >= 0.3 is 5.97 Å². The van der Waals surface area contributed by atoms with Crippen molar-refractivity contribution < 1.29 is 19.0 Å². The van der Waals surface area contributed by atoms with Gasteiger partial charge in [0.15, 0.2) is 6.10 Å². The maximum atomic E-state index is 11.1. The van der Waals surface area contributed by atoms with Crippen molar-refractivity contribution in [2.24, 2.45) is 0 Å². The minimum Gasteiger partial charge on any atom is -0.496 e. The first-order chi connectivity index (χ1) is 8.69. The molecule has 1 atom stereocenters. The summed E-state index contributed by atoms with van der Waals surface area (Å²) >= 11 is 0. The molecule has 4 nitrogen and oxygen atoms in total. The summed E-state index contributed by atoms with van der Waals surface area (Å²) in [6.45, 7) is 1.63. The molecular formula is C14H16O4. The van der Waals surface area contributed by atoms with Crippen molar-refractivity contribution >= 4 is 5.97 Å². The van der Waals surface area contributed by atoms with E-state index < -0.39 is 12.1 Å². The van der Waals surface area contributed by atoms with Crippen LogP contribution in [0.1, 0.15) is 18.6 Å². The Bertz CT molecular complexity index is 456. The molecule has 1 aromatic rings. The largest absolute Gasteiger partial charge is 0.496 e. The molecule has 0 aliphatic heterocycles. The Morgan fingerprint density at radius 2 is 2.06 bits per heavy atom. The van der Waals surface area contributed by atoms with Crippen molar-refractivity contribution in [3.63, 3.8) is 0 Å². The SMILES string of the molecule is COCC#C[C@H](OC(C)=O)c1ccccc1OC. The number of ether oxygens (including phenoxy) is 3. The van der Waals surface area contributed by atoms with Crippen molar-refractivity contribution in [2.75, 3.05) is 20.8 Å². The van der Waals surface area contributed by atoms with Crippen LogP contribution in [-0.2, 0) is 14.3 Å². The number of rotatable bonds is 4. The highest BCUT2D eigenvalue weighted by Gasteiger charge is 2.16. The molecule has 0 heterocycles. The topological polar surface area (TPSA) is 44.8 Å². The van der Waals surface area contributed by atoms with Gasteiger partial charge in [0.25, 0.3) is 0 Å². The number of carbonyl (C=O) groups excluding carboxylic acids is 1. The predicted molar refractivity (Wildman–Crippen MR) is 67.2 cm³/mol. The van der Waals surface area contributed by atoms with E-state index in [1.807, 2.05) is 18.2 Å². The van der Waals surface area contributed by atoms with Crippen LogP contribution in [-0.4, -0.2) is 26.8 Å². The van der Waals surface area contributed by atoms with Crippen LogP contribution in [0.25, 0.3) is 0 Å². The Morgan fingerprint density at radius 1 is 1.33 bits per heavy atom. The van der Waals surface area contributed by atoms with E-state index in [2.05, 4.69) is 11.8 Å². The third-order valence-corrected chi connectivity index (χ3v) is 2.15. The van der Waals surface area contributed by atoms with E-state index in [0.717, 1.165) is 5.56 Å². The number of hydrogen-bond donors (Lipinski definition) is 0. The van der Waals surface area contributed by atoms with Gasteiger partial charge in [0.05, 0.1) is 7.11 Å². The molecule has 4 heteroatoms. The zero-order chi connectivity index (χ0) is 13.4. The van der Waals surface area contributed by atoms with Crippen molar-refractivity contribution in [3.05, 3.63) is 29.8 Å². The second kappa shape index (κ2) is 7.36. The average Bonchev–Trinajstić information content (AvgIpc) is 2.37. The van der Waals surface area contributed by atoms with Crippen molar-refractivity contribution in [1.29, 1.82) is 0 Å². The smallest absolute Gasteiger partial charge is 0.304 e. The van der Waals surface area contributed by atoms with Gasteiger partial charge in [0.1, 0.15) is 12.4 Å². The summed E-state index contributed by atoms with van der Waals surface area (Å²) in [5.41, 5.74) is 0.721. The highest BCUT2D eigenvalue weighted by Crippen LogP contribution is 2.26. The molecule has 96 valence electrons. The lowest BCUT2D eigenvalue weighted by molar-refractivity contribution is -0.144. The van der Waals surface area contributed by atoms with Crippen LogP contribution in [0.2, 0.25) is 0 Å². The summed E-state index contributed by atoms with van der Waals surface area (Å²) < 4.78 is 15.2. The van der Waals surface area contributed by atoms with E-state index in [-0.39, 0.29) is 6.61 Å². The quantitative estimate of drug-likeness (QED) is 0.603. The normalized spacial score (nSPS) is 11.1. The maximum Gasteiger partial charge on any atom is 0.304 e. The van der Waals surface area contributed by atoms with Gasteiger partial charge < -0.3 is 14.2 Å². The molecule has 0 amide bonds. The molecule has 0 aliphatic carbocycles. The summed E-state index contributed by atoms with van der Waals surface area (Å²) in [5.74, 6) is 5.87. The maximum absolute atomic E-state index is 11.1. The van der Waals surface area contributed by atoms with Crippen LogP contribution in [0.3, 0.4) is 0 Å². The molecule has 0 unspecified atom stereocenters. The Balaban J connectivity index is 3.01. The molecule has 0 aromatic heterocycles. The molecule has 0 radical (unpaired) electrons. The molecule has 0 N–H and O–H groups in total. The molecule has 0 spiro atoms. The minimum atomic E-state index is -0.645. The number of benzene rings is 1. The van der Waals surface area contributed by atoms with Gasteiger partial charge in [-0.2, -0.15) is 0 Å². The van der Waals surface area contributed by atoms with Crippen LogP contribution in [0.4, 0.5) is 0 Å². The van der Waals surface area contributed by atoms with E-state index in [9.17, 15) is 4.79 Å². The molecule has 1 aromatic carbocycles. The van der Waals surface area contributed by atoms with Crippen LogP contribution in [0.5, 0.6) is 5.75 Å². The first-order valence-corrected chi connectivity index (χ1v) is 5.46. The average molecular weight is 248 g/mol. The van der Waals surface area contributed by atoms with Crippen molar-refractivity contribution in [1.82, 2.24) is 0 Å². The number of hydrogen-bond acceptors (Lipinski definition) is 4. The van der Waals surface area contributed by atoms with E-state index in [0.29, 0.717) is 5.75 Å². The van der Waals surface area contributed by atoms with Gasteiger partial charge in [0, 0.05) is 19.6 Å². The number of esters is 1. The molecule has 0 bridgehead atoms. The summed E-state index contributed by atoms with van der Waals surface area (Å²) in [7, 11) is 3.12. The van der Waals surface area contributed by atoms with Gasteiger partial charge in [-0.05, 0) is 6.07 Å². The first-order valence-electron chi connectivity index (χ1n) is 5.46. The van der Waals surface area contributed by atoms with Crippen molar-refractivity contribution in [2.45, 2.75) is 13.0 Å². The fourth-order valence-corrected chi connectivity index (χ4v) is 1.43. The second-order valence-electron chi connectivity index (χ2n) is 3.49. The van der Waals surface area contributed by atoms with Gasteiger partial charge in [-0.3, -0.25) is 4.79 Å². The fraction of sp³-hybridized carbons (Fsp3) is 0.357. The van der Waals surface area contributed by atoms with Crippen LogP contribution in [0.15, 0.2) is 24.3 Å². The monoisotopic (exact) mass is 248 g/mol. The van der Waals surface area contributed by atoms with Crippen LogP contribution >= 0.6 is 0 Å².